The molecule has 1 aromatic carbocycles. The van der Waals surface area contributed by atoms with Gasteiger partial charge in [0.1, 0.15) is 6.07 Å². The fourth-order valence-corrected chi connectivity index (χ4v) is 1.03. The van der Waals surface area contributed by atoms with Crippen LogP contribution in [0.4, 0.5) is 5.69 Å². The van der Waals surface area contributed by atoms with Gasteiger partial charge in [-0.1, -0.05) is 27.8 Å². The number of nitrogens with zero attached hydrogens (tertiary/aromatic N) is 1. The number of rotatable bonds is 0. The van der Waals surface area contributed by atoms with Crippen molar-refractivity contribution in [2.24, 2.45) is 0 Å². The molecule has 0 atom stereocenters. The number of alkyl halides is 1. The highest BCUT2D eigenvalue weighted by Gasteiger charge is 1.97. The van der Waals surface area contributed by atoms with Gasteiger partial charge in [-0.3, -0.25) is 0 Å². The molecule has 2 nitrogen and oxygen atoms in total. The third-order valence-electron chi connectivity index (χ3n) is 1.45. The van der Waals surface area contributed by atoms with Crippen LogP contribution < -0.4 is 5.73 Å². The fourth-order valence-electron chi connectivity index (χ4n) is 0.891. The number of anilines is 1. The monoisotopic (exact) mass is 234 g/mol. The lowest BCUT2D eigenvalue weighted by Gasteiger charge is -1.96. The van der Waals surface area contributed by atoms with Gasteiger partial charge in [0.05, 0.1) is 10.9 Å². The van der Waals surface area contributed by atoms with E-state index in [9.17, 15) is 0 Å². The Morgan fingerprint density at radius 1 is 1.38 bits per heavy atom. The summed E-state index contributed by atoms with van der Waals surface area (Å²) in [4.78, 5) is 0. The topological polar surface area (TPSA) is 49.8 Å². The van der Waals surface area contributed by atoms with E-state index in [1.54, 1.807) is 18.2 Å². The second-order valence-corrected chi connectivity index (χ2v) is 2.91. The number of hydrogen-bond acceptors (Lipinski definition) is 2. The van der Waals surface area contributed by atoms with Gasteiger partial charge in [0.2, 0.25) is 0 Å². The zero-order valence-corrected chi connectivity index (χ0v) is 8.43. The molecule has 0 bridgehead atoms. The number of hydrogen-bond donors (Lipinski definition) is 1. The second kappa shape index (κ2) is 4.54. The van der Waals surface area contributed by atoms with Crippen molar-refractivity contribution in [3.63, 3.8) is 0 Å². The molecule has 0 saturated heterocycles. The Balaban J connectivity index is 3.18. The second-order valence-electron chi connectivity index (χ2n) is 2.35. The molecular formula is C10H7BrN2. The minimum Gasteiger partial charge on any atom is -0.399 e. The normalized spacial score (nSPS) is 8.31. The Hall–Kier alpha value is -1.45. The lowest BCUT2D eigenvalue weighted by Crippen LogP contribution is -1.89. The molecule has 0 aliphatic carbocycles. The summed E-state index contributed by atoms with van der Waals surface area (Å²) in [5.41, 5.74) is 7.43. The Morgan fingerprint density at radius 2 is 2.15 bits per heavy atom. The smallest absolute Gasteiger partial charge is 0.100 e. The predicted octanol–water partition coefficient (Wildman–Crippen LogP) is 1.89. The fraction of sp³-hybridized carbons (Fsp3) is 0.100. The maximum atomic E-state index is 8.74. The summed E-state index contributed by atoms with van der Waals surface area (Å²) in [6.45, 7) is 0. The SMILES string of the molecule is N#Cc1ccc(N)cc1C#CCBr. The van der Waals surface area contributed by atoms with Gasteiger partial charge in [-0.05, 0) is 18.2 Å². The van der Waals surface area contributed by atoms with Gasteiger partial charge >= 0.3 is 0 Å². The molecule has 0 spiro atoms. The minimum atomic E-state index is 0.558. The van der Waals surface area contributed by atoms with E-state index in [1.165, 1.54) is 0 Å². The van der Waals surface area contributed by atoms with Crippen molar-refractivity contribution in [3.8, 4) is 17.9 Å². The molecule has 0 radical (unpaired) electrons. The molecule has 13 heavy (non-hydrogen) atoms. The molecule has 0 unspecified atom stereocenters. The molecule has 3 heteroatoms. The van der Waals surface area contributed by atoms with Crippen LogP contribution >= 0.6 is 15.9 Å². The lowest BCUT2D eigenvalue weighted by atomic mass is 10.1. The molecule has 2 N–H and O–H groups in total. The standard InChI is InChI=1S/C10H7BrN2/c11-5-1-2-8-6-10(13)4-3-9(8)7-12/h3-4,6H,5,13H2. The number of nitrogens with two attached hydrogens (primary N) is 1. The minimum absolute atomic E-state index is 0.558. The average Bonchev–Trinajstić information content (AvgIpc) is 2.15. The van der Waals surface area contributed by atoms with Crippen LogP contribution in [0.15, 0.2) is 18.2 Å². The van der Waals surface area contributed by atoms with Crippen molar-refractivity contribution in [2.45, 2.75) is 0 Å². The summed E-state index contributed by atoms with van der Waals surface area (Å²) in [6.07, 6.45) is 0. The predicted molar refractivity (Wildman–Crippen MR) is 56.2 cm³/mol. The third-order valence-corrected chi connectivity index (χ3v) is 1.73. The van der Waals surface area contributed by atoms with Crippen LogP contribution in [0.3, 0.4) is 0 Å². The van der Waals surface area contributed by atoms with Gasteiger partial charge in [0.25, 0.3) is 0 Å². The Bertz CT molecular complexity index is 407. The zero-order chi connectivity index (χ0) is 9.68. The zero-order valence-electron chi connectivity index (χ0n) is 6.84. The van der Waals surface area contributed by atoms with Crippen molar-refractivity contribution in [1.29, 1.82) is 5.26 Å². The van der Waals surface area contributed by atoms with Crippen LogP contribution in [0.5, 0.6) is 0 Å². The summed E-state index contributed by atoms with van der Waals surface area (Å²) >= 11 is 3.18. The van der Waals surface area contributed by atoms with E-state index in [0.717, 1.165) is 0 Å². The molecule has 0 amide bonds. The molecule has 0 aliphatic heterocycles. The number of benzene rings is 1. The van der Waals surface area contributed by atoms with Gasteiger partial charge < -0.3 is 5.73 Å². The van der Waals surface area contributed by atoms with E-state index in [4.69, 9.17) is 11.0 Å². The Kier molecular flexibility index (Phi) is 3.37. The van der Waals surface area contributed by atoms with Crippen LogP contribution in [0.25, 0.3) is 0 Å². The van der Waals surface area contributed by atoms with Crippen LogP contribution in [0.1, 0.15) is 11.1 Å². The molecule has 0 fully saturated rings. The molecule has 64 valence electrons. The van der Waals surface area contributed by atoms with Gasteiger partial charge in [0.15, 0.2) is 0 Å². The van der Waals surface area contributed by atoms with Crippen LogP contribution in [-0.4, -0.2) is 5.33 Å². The summed E-state index contributed by atoms with van der Waals surface area (Å²) in [6, 6.07) is 7.13. The van der Waals surface area contributed by atoms with E-state index in [-0.39, 0.29) is 0 Å². The van der Waals surface area contributed by atoms with Gasteiger partial charge in [-0.15, -0.1) is 0 Å². The van der Waals surface area contributed by atoms with Crippen molar-refractivity contribution in [3.05, 3.63) is 29.3 Å². The molecule has 1 rings (SSSR count). The number of halogens is 1. The first kappa shape index (κ1) is 9.64. The molecule has 0 saturated carbocycles. The van der Waals surface area contributed by atoms with Crippen molar-refractivity contribution in [2.75, 3.05) is 11.1 Å². The summed E-state index contributed by atoms with van der Waals surface area (Å²) in [5.74, 6) is 5.68. The maximum Gasteiger partial charge on any atom is 0.100 e. The molecule has 0 heterocycles. The molecule has 0 aliphatic rings. The number of nitrogen functional groups attached to an aromatic ring is 1. The van der Waals surface area contributed by atoms with E-state index in [0.29, 0.717) is 22.1 Å². The Labute approximate surface area is 85.5 Å². The summed E-state index contributed by atoms with van der Waals surface area (Å²) < 4.78 is 0. The highest BCUT2D eigenvalue weighted by atomic mass is 79.9. The number of nitriles is 1. The van der Waals surface area contributed by atoms with Crippen LogP contribution in [0.2, 0.25) is 0 Å². The van der Waals surface area contributed by atoms with E-state index in [2.05, 4.69) is 33.8 Å². The molecule has 1 aromatic rings. The van der Waals surface area contributed by atoms with Crippen LogP contribution in [0, 0.1) is 23.2 Å². The highest BCUT2D eigenvalue weighted by molar-refractivity contribution is 9.09. The largest absolute Gasteiger partial charge is 0.399 e. The first-order valence-corrected chi connectivity index (χ1v) is 4.74. The van der Waals surface area contributed by atoms with Crippen molar-refractivity contribution in [1.82, 2.24) is 0 Å². The summed E-state index contributed by atoms with van der Waals surface area (Å²) in [5, 5.41) is 9.33. The van der Waals surface area contributed by atoms with Gasteiger partial charge in [-0.2, -0.15) is 5.26 Å². The van der Waals surface area contributed by atoms with Crippen LogP contribution in [-0.2, 0) is 0 Å². The Morgan fingerprint density at radius 3 is 2.77 bits per heavy atom. The third kappa shape index (κ3) is 2.50. The van der Waals surface area contributed by atoms with Gasteiger partial charge in [0, 0.05) is 11.3 Å². The van der Waals surface area contributed by atoms with Gasteiger partial charge in [-0.25, -0.2) is 0 Å². The highest BCUT2D eigenvalue weighted by Crippen LogP contribution is 2.11. The molecule has 0 aromatic heterocycles. The molecular weight excluding hydrogens is 228 g/mol. The average molecular weight is 235 g/mol. The van der Waals surface area contributed by atoms with E-state index in [1.807, 2.05) is 0 Å². The summed E-state index contributed by atoms with van der Waals surface area (Å²) in [7, 11) is 0. The first-order chi connectivity index (χ1) is 6.27. The maximum absolute atomic E-state index is 8.74. The lowest BCUT2D eigenvalue weighted by molar-refractivity contribution is 1.47. The van der Waals surface area contributed by atoms with E-state index >= 15 is 0 Å². The quantitative estimate of drug-likeness (QED) is 0.424. The van der Waals surface area contributed by atoms with Crippen molar-refractivity contribution >= 4 is 21.6 Å². The first-order valence-electron chi connectivity index (χ1n) is 3.62. The van der Waals surface area contributed by atoms with Crippen molar-refractivity contribution < 1.29 is 0 Å². The van der Waals surface area contributed by atoms with E-state index < -0.39 is 0 Å².